The van der Waals surface area contributed by atoms with E-state index in [4.69, 9.17) is 23.1 Å². The van der Waals surface area contributed by atoms with Gasteiger partial charge in [0.2, 0.25) is 5.91 Å². The fraction of sp³-hybridized carbons (Fsp3) is 0.414. The molecule has 1 aromatic carbocycles. The van der Waals surface area contributed by atoms with Gasteiger partial charge in [-0.1, -0.05) is 24.6 Å². The van der Waals surface area contributed by atoms with Crippen LogP contribution in [0.4, 0.5) is 13.2 Å². The predicted octanol–water partition coefficient (Wildman–Crippen LogP) is 3.62. The van der Waals surface area contributed by atoms with Gasteiger partial charge in [0.25, 0.3) is 12.3 Å². The number of carbonyl (C=O) groups excluding carboxylic acids is 2. The van der Waals surface area contributed by atoms with E-state index in [0.29, 0.717) is 30.1 Å². The van der Waals surface area contributed by atoms with Crippen LogP contribution in [-0.2, 0) is 4.79 Å². The van der Waals surface area contributed by atoms with Gasteiger partial charge in [-0.15, -0.1) is 0 Å². The van der Waals surface area contributed by atoms with Crippen molar-refractivity contribution in [3.63, 3.8) is 0 Å². The third kappa shape index (κ3) is 6.81. The van der Waals surface area contributed by atoms with Gasteiger partial charge in [-0.05, 0) is 44.4 Å². The molecule has 0 bridgehead atoms. The number of halogens is 4. The van der Waals surface area contributed by atoms with Crippen LogP contribution in [0.15, 0.2) is 46.6 Å². The van der Waals surface area contributed by atoms with Gasteiger partial charge in [0, 0.05) is 36.0 Å². The Morgan fingerprint density at radius 2 is 1.95 bits per heavy atom. The highest BCUT2D eigenvalue weighted by molar-refractivity contribution is 6.31. The minimum absolute atomic E-state index is 0.0433. The van der Waals surface area contributed by atoms with Crippen molar-refractivity contribution >= 4 is 29.6 Å². The van der Waals surface area contributed by atoms with Crippen LogP contribution in [0.1, 0.15) is 68.4 Å². The number of rotatable bonds is 9. The Labute approximate surface area is 257 Å². The number of likely N-dealkylation sites (tertiary alicyclic amines) is 1. The highest BCUT2D eigenvalue weighted by atomic mass is 35.5. The lowest BCUT2D eigenvalue weighted by Crippen LogP contribution is -2.42. The van der Waals surface area contributed by atoms with Crippen molar-refractivity contribution in [2.75, 3.05) is 13.1 Å². The molecule has 4 atom stereocenters. The number of hydrazone groups is 1. The second-order valence-corrected chi connectivity index (χ2v) is 11.4. The molecule has 1 saturated heterocycles. The number of benzene rings is 1. The van der Waals surface area contributed by atoms with E-state index in [2.05, 4.69) is 20.4 Å². The molecule has 1 aromatic heterocycles. The molecule has 0 spiro atoms. The number of hydrogen-bond donors (Lipinski definition) is 4. The summed E-state index contributed by atoms with van der Waals surface area (Å²) in [5, 5.41) is 18.5. The number of nitrogens with one attached hydrogen (secondary N) is 1. The summed E-state index contributed by atoms with van der Waals surface area (Å²) in [7, 11) is 0. The average molecular weight is 635 g/mol. The van der Waals surface area contributed by atoms with Gasteiger partial charge in [-0.3, -0.25) is 24.5 Å². The molecule has 2 aliphatic heterocycles. The molecule has 2 aliphatic rings. The third-order valence-corrected chi connectivity index (χ3v) is 7.74. The summed E-state index contributed by atoms with van der Waals surface area (Å²) >= 11 is 5.84. The number of amides is 2. The van der Waals surface area contributed by atoms with E-state index in [-0.39, 0.29) is 35.5 Å². The highest BCUT2D eigenvalue weighted by Gasteiger charge is 2.30. The molecule has 3 heterocycles. The highest BCUT2D eigenvalue weighted by Crippen LogP contribution is 2.36. The number of aliphatic hydroxyl groups is 1. The monoisotopic (exact) mass is 634 g/mol. The fourth-order valence-electron chi connectivity index (χ4n) is 4.99. The van der Waals surface area contributed by atoms with E-state index >= 15 is 0 Å². The SMILES string of the molecule is CC(/C=C(\N)C(C)N1CC(NC(=O)c2nc(-c3c(C(F)F)ccc(Cl)c3F)cnc2C(C)O)C=N1)=C(/N)N1CC(C)CC1=O. The quantitative estimate of drug-likeness (QED) is 0.304. The zero-order valence-electron chi connectivity index (χ0n) is 24.6. The van der Waals surface area contributed by atoms with Gasteiger partial charge in [-0.25, -0.2) is 18.2 Å². The van der Waals surface area contributed by atoms with Crippen LogP contribution in [-0.4, -0.2) is 68.2 Å². The Morgan fingerprint density at radius 3 is 2.57 bits per heavy atom. The third-order valence-electron chi connectivity index (χ3n) is 7.45. The lowest BCUT2D eigenvalue weighted by molar-refractivity contribution is -0.126. The summed E-state index contributed by atoms with van der Waals surface area (Å²) in [6, 6.07) is 0.926. The van der Waals surface area contributed by atoms with Crippen LogP contribution >= 0.6 is 11.6 Å². The number of aliphatic hydroxyl groups excluding tert-OH is 1. The first kappa shape index (κ1) is 32.7. The number of nitrogens with two attached hydrogens (primary N) is 2. The summed E-state index contributed by atoms with van der Waals surface area (Å²) in [6.45, 7) is 7.64. The largest absolute Gasteiger partial charge is 0.400 e. The van der Waals surface area contributed by atoms with Crippen LogP contribution in [0, 0.1) is 11.7 Å². The van der Waals surface area contributed by atoms with Gasteiger partial charge in [0.15, 0.2) is 11.5 Å². The van der Waals surface area contributed by atoms with E-state index in [1.807, 2.05) is 6.92 Å². The fourth-order valence-corrected chi connectivity index (χ4v) is 5.15. The van der Waals surface area contributed by atoms with E-state index in [0.717, 1.165) is 18.3 Å². The Kier molecular flexibility index (Phi) is 9.84. The van der Waals surface area contributed by atoms with Gasteiger partial charge >= 0.3 is 0 Å². The first-order valence-electron chi connectivity index (χ1n) is 13.9. The summed E-state index contributed by atoms with van der Waals surface area (Å²) in [5.74, 6) is -1.43. The number of nitrogens with zero attached hydrogens (tertiary/aromatic N) is 5. The summed E-state index contributed by atoms with van der Waals surface area (Å²) in [4.78, 5) is 35.3. The molecule has 1 fully saturated rings. The molecule has 2 aromatic rings. The molecule has 11 nitrogen and oxygen atoms in total. The number of aromatic nitrogens is 2. The Morgan fingerprint density at radius 1 is 1.25 bits per heavy atom. The number of carbonyl (C=O) groups is 2. The summed E-state index contributed by atoms with van der Waals surface area (Å²) in [5.41, 5.74) is 11.5. The summed E-state index contributed by atoms with van der Waals surface area (Å²) in [6.07, 6.45) is 0.279. The Balaban J connectivity index is 1.51. The molecule has 2 amide bonds. The minimum atomic E-state index is -3.06. The van der Waals surface area contributed by atoms with Crippen molar-refractivity contribution in [2.24, 2.45) is 22.5 Å². The predicted molar refractivity (Wildman–Crippen MR) is 159 cm³/mol. The lowest BCUT2D eigenvalue weighted by Gasteiger charge is -2.25. The second kappa shape index (κ2) is 13.2. The van der Waals surface area contributed by atoms with Crippen LogP contribution < -0.4 is 16.8 Å². The van der Waals surface area contributed by atoms with Crippen LogP contribution in [0.5, 0.6) is 0 Å². The second-order valence-electron chi connectivity index (χ2n) is 11.0. The Bertz CT molecular complexity index is 1550. The maximum absolute atomic E-state index is 14.9. The zero-order valence-corrected chi connectivity index (χ0v) is 25.3. The molecule has 44 heavy (non-hydrogen) atoms. The maximum atomic E-state index is 14.9. The lowest BCUT2D eigenvalue weighted by atomic mass is 10.0. The number of hydrogen-bond acceptors (Lipinski definition) is 9. The summed E-state index contributed by atoms with van der Waals surface area (Å²) < 4.78 is 42.3. The van der Waals surface area contributed by atoms with Crippen molar-refractivity contribution in [3.8, 4) is 11.3 Å². The number of alkyl halides is 2. The van der Waals surface area contributed by atoms with Crippen molar-refractivity contribution in [3.05, 3.63) is 69.3 Å². The molecule has 6 N–H and O–H groups in total. The topological polar surface area (TPSA) is 163 Å². The molecule has 0 radical (unpaired) electrons. The Hall–Kier alpha value is -4.17. The normalized spacial score (nSPS) is 20.8. The molecule has 0 saturated carbocycles. The van der Waals surface area contributed by atoms with Crippen LogP contribution in [0.25, 0.3) is 11.3 Å². The molecular weight excluding hydrogens is 601 g/mol. The van der Waals surface area contributed by atoms with Crippen molar-refractivity contribution in [2.45, 2.75) is 58.7 Å². The first-order chi connectivity index (χ1) is 20.7. The van der Waals surface area contributed by atoms with Gasteiger partial charge in [-0.2, -0.15) is 5.10 Å². The van der Waals surface area contributed by atoms with E-state index in [9.17, 15) is 27.9 Å². The van der Waals surface area contributed by atoms with Crippen LogP contribution in [0.3, 0.4) is 0 Å². The standard InChI is InChI=1S/C29H34ClF3N8O3/c1-13-7-22(43)40(11-13)28(35)14(2)8-20(34)15(3)41-12-17(9-37-41)38-29(44)26-25(16(4)42)36-10-21(39-26)23-18(27(32)33)5-6-19(30)24(23)31/h5-6,8-10,13,15-17,27,42H,7,11-12,34-35H2,1-4H3,(H,38,44)/b20-8-,28-14+. The smallest absolute Gasteiger partial charge is 0.272 e. The van der Waals surface area contributed by atoms with E-state index in [1.54, 1.807) is 29.8 Å². The molecule has 236 valence electrons. The first-order valence-corrected chi connectivity index (χ1v) is 14.2. The van der Waals surface area contributed by atoms with E-state index in [1.165, 1.54) is 13.1 Å². The molecule has 4 unspecified atom stereocenters. The van der Waals surface area contributed by atoms with Crippen LogP contribution in [0.2, 0.25) is 5.02 Å². The van der Waals surface area contributed by atoms with E-state index < -0.39 is 52.5 Å². The van der Waals surface area contributed by atoms with Gasteiger partial charge < -0.3 is 21.9 Å². The minimum Gasteiger partial charge on any atom is -0.400 e. The van der Waals surface area contributed by atoms with Crippen molar-refractivity contribution in [1.29, 1.82) is 0 Å². The van der Waals surface area contributed by atoms with Crippen molar-refractivity contribution < 1.29 is 27.9 Å². The van der Waals surface area contributed by atoms with Gasteiger partial charge in [0.1, 0.15) is 5.82 Å². The maximum Gasteiger partial charge on any atom is 0.272 e. The number of allylic oxidation sites excluding steroid dienone is 2. The van der Waals surface area contributed by atoms with Gasteiger partial charge in [0.05, 0.1) is 47.3 Å². The molecule has 15 heteroatoms. The molecular formula is C29H34ClF3N8O3. The molecule has 0 aliphatic carbocycles. The van der Waals surface area contributed by atoms with Crippen molar-refractivity contribution in [1.82, 2.24) is 25.2 Å². The molecule has 4 rings (SSSR count). The average Bonchev–Trinajstić information content (AvgIpc) is 3.57. The zero-order chi connectivity index (χ0) is 32.5.